The Bertz CT molecular complexity index is 1360. The van der Waals surface area contributed by atoms with E-state index in [2.05, 4.69) is 10.6 Å². The maximum Gasteiger partial charge on any atom is 0.335 e. The number of carbonyl (C=O) groups excluding carboxylic acids is 2. The van der Waals surface area contributed by atoms with Crippen molar-refractivity contribution in [1.82, 2.24) is 0 Å². The molecule has 0 aliphatic rings. The SMILES string of the molecule is COc1cc(/C=C(/C#N)C(=O)Nc2cccc(C(=O)O)c2)ccc1OCC(=O)Nc1ccc(F)cc1. The molecule has 3 rings (SSSR count). The number of halogens is 1. The average Bonchev–Trinajstić information content (AvgIpc) is 2.87. The number of rotatable bonds is 9. The van der Waals surface area contributed by atoms with E-state index in [-0.39, 0.29) is 34.9 Å². The summed E-state index contributed by atoms with van der Waals surface area (Å²) < 4.78 is 23.8. The van der Waals surface area contributed by atoms with Gasteiger partial charge in [-0.25, -0.2) is 9.18 Å². The Morgan fingerprint density at radius 2 is 1.75 bits per heavy atom. The third-order valence-electron chi connectivity index (χ3n) is 4.72. The van der Waals surface area contributed by atoms with Crippen molar-refractivity contribution in [3.8, 4) is 17.6 Å². The van der Waals surface area contributed by atoms with Crippen molar-refractivity contribution >= 4 is 35.2 Å². The normalized spacial score (nSPS) is 10.6. The number of nitriles is 1. The lowest BCUT2D eigenvalue weighted by Gasteiger charge is -2.12. The fourth-order valence-electron chi connectivity index (χ4n) is 3.01. The molecule has 0 atom stereocenters. The van der Waals surface area contributed by atoms with Crippen LogP contribution in [0.25, 0.3) is 6.08 Å². The van der Waals surface area contributed by atoms with Crippen molar-refractivity contribution in [2.75, 3.05) is 24.4 Å². The summed E-state index contributed by atoms with van der Waals surface area (Å²) in [5.74, 6) is -2.26. The monoisotopic (exact) mass is 489 g/mol. The molecule has 0 aliphatic carbocycles. The summed E-state index contributed by atoms with van der Waals surface area (Å²) in [6.45, 7) is -0.343. The number of nitrogens with zero attached hydrogens (tertiary/aromatic N) is 1. The van der Waals surface area contributed by atoms with Crippen molar-refractivity contribution < 1.29 is 33.4 Å². The minimum absolute atomic E-state index is 0.0121. The summed E-state index contributed by atoms with van der Waals surface area (Å²) in [4.78, 5) is 35.7. The van der Waals surface area contributed by atoms with Crippen LogP contribution in [0.3, 0.4) is 0 Å². The number of nitrogens with one attached hydrogen (secondary N) is 2. The summed E-state index contributed by atoms with van der Waals surface area (Å²) >= 11 is 0. The highest BCUT2D eigenvalue weighted by Crippen LogP contribution is 2.29. The van der Waals surface area contributed by atoms with Crippen LogP contribution in [-0.2, 0) is 9.59 Å². The van der Waals surface area contributed by atoms with Crippen LogP contribution in [-0.4, -0.2) is 36.6 Å². The highest BCUT2D eigenvalue weighted by atomic mass is 19.1. The molecule has 9 nitrogen and oxygen atoms in total. The number of aromatic carboxylic acids is 1. The minimum atomic E-state index is -1.15. The molecule has 3 aromatic carbocycles. The molecule has 3 N–H and O–H groups in total. The number of carboxylic acids is 1. The molecule has 0 radical (unpaired) electrons. The van der Waals surface area contributed by atoms with Crippen LogP contribution in [0.2, 0.25) is 0 Å². The Kier molecular flexibility index (Phi) is 8.35. The van der Waals surface area contributed by atoms with E-state index in [0.29, 0.717) is 11.3 Å². The quantitative estimate of drug-likeness (QED) is 0.304. The molecule has 0 bridgehead atoms. The number of amides is 2. The number of hydrogen-bond acceptors (Lipinski definition) is 6. The number of carboxylic acid groups (broad SMARTS) is 1. The Hall–Kier alpha value is -5.17. The Morgan fingerprint density at radius 3 is 2.42 bits per heavy atom. The number of benzene rings is 3. The number of ether oxygens (including phenoxy) is 2. The number of hydrogen-bond donors (Lipinski definition) is 3. The Balaban J connectivity index is 1.68. The molecule has 0 saturated carbocycles. The summed E-state index contributed by atoms with van der Waals surface area (Å²) in [6.07, 6.45) is 1.32. The van der Waals surface area contributed by atoms with Gasteiger partial charge in [0.2, 0.25) is 0 Å². The van der Waals surface area contributed by atoms with Crippen LogP contribution in [0.1, 0.15) is 15.9 Å². The first-order valence-corrected chi connectivity index (χ1v) is 10.4. The topological polar surface area (TPSA) is 138 Å². The summed E-state index contributed by atoms with van der Waals surface area (Å²) in [6, 6.07) is 17.3. The number of carbonyl (C=O) groups is 3. The van der Waals surface area contributed by atoms with Crippen molar-refractivity contribution in [3.05, 3.63) is 89.2 Å². The molecular formula is C26H20FN3O6. The second kappa shape index (κ2) is 11.8. The first-order valence-electron chi connectivity index (χ1n) is 10.4. The lowest BCUT2D eigenvalue weighted by atomic mass is 10.1. The molecule has 0 heterocycles. The molecule has 0 aliphatic heterocycles. The zero-order chi connectivity index (χ0) is 26.1. The minimum Gasteiger partial charge on any atom is -0.493 e. The van der Waals surface area contributed by atoms with E-state index < -0.39 is 23.6 Å². The van der Waals surface area contributed by atoms with E-state index in [9.17, 15) is 24.0 Å². The van der Waals surface area contributed by atoms with Gasteiger partial charge in [0.05, 0.1) is 12.7 Å². The van der Waals surface area contributed by atoms with Gasteiger partial charge in [-0.3, -0.25) is 9.59 Å². The fourth-order valence-corrected chi connectivity index (χ4v) is 3.01. The van der Waals surface area contributed by atoms with Gasteiger partial charge in [-0.15, -0.1) is 0 Å². The van der Waals surface area contributed by atoms with Gasteiger partial charge in [0, 0.05) is 11.4 Å². The van der Waals surface area contributed by atoms with Gasteiger partial charge in [-0.05, 0) is 66.2 Å². The lowest BCUT2D eigenvalue weighted by Crippen LogP contribution is -2.20. The van der Waals surface area contributed by atoms with Gasteiger partial charge in [0.15, 0.2) is 18.1 Å². The van der Waals surface area contributed by atoms with E-state index in [1.165, 1.54) is 73.8 Å². The van der Waals surface area contributed by atoms with Crippen LogP contribution < -0.4 is 20.1 Å². The predicted octanol–water partition coefficient (Wildman–Crippen LogP) is 4.10. The van der Waals surface area contributed by atoms with Crippen molar-refractivity contribution in [2.24, 2.45) is 0 Å². The van der Waals surface area contributed by atoms with Crippen LogP contribution >= 0.6 is 0 Å². The molecule has 0 saturated heterocycles. The van der Waals surface area contributed by atoms with Crippen molar-refractivity contribution in [1.29, 1.82) is 5.26 Å². The second-order valence-corrected chi connectivity index (χ2v) is 7.26. The largest absolute Gasteiger partial charge is 0.493 e. The molecular weight excluding hydrogens is 469 g/mol. The van der Waals surface area contributed by atoms with Crippen LogP contribution in [0.4, 0.5) is 15.8 Å². The van der Waals surface area contributed by atoms with Gasteiger partial charge >= 0.3 is 5.97 Å². The van der Waals surface area contributed by atoms with Gasteiger partial charge in [0.25, 0.3) is 11.8 Å². The van der Waals surface area contributed by atoms with E-state index in [1.54, 1.807) is 6.07 Å². The van der Waals surface area contributed by atoms with E-state index in [0.717, 1.165) is 0 Å². The highest BCUT2D eigenvalue weighted by molar-refractivity contribution is 6.10. The molecule has 2 amide bonds. The molecule has 36 heavy (non-hydrogen) atoms. The molecule has 10 heteroatoms. The second-order valence-electron chi connectivity index (χ2n) is 7.26. The van der Waals surface area contributed by atoms with Crippen molar-refractivity contribution in [2.45, 2.75) is 0 Å². The average molecular weight is 489 g/mol. The highest BCUT2D eigenvalue weighted by Gasteiger charge is 2.13. The number of methoxy groups -OCH3 is 1. The van der Waals surface area contributed by atoms with Crippen LogP contribution in [0.15, 0.2) is 72.3 Å². The van der Waals surface area contributed by atoms with Gasteiger partial charge in [0.1, 0.15) is 17.5 Å². The van der Waals surface area contributed by atoms with E-state index in [4.69, 9.17) is 14.6 Å². The van der Waals surface area contributed by atoms with Crippen LogP contribution in [0, 0.1) is 17.1 Å². The summed E-state index contributed by atoms with van der Waals surface area (Å²) in [5, 5.41) is 23.6. The van der Waals surface area contributed by atoms with Crippen LogP contribution in [0.5, 0.6) is 11.5 Å². The third kappa shape index (κ3) is 6.91. The predicted molar refractivity (Wildman–Crippen MR) is 129 cm³/mol. The zero-order valence-corrected chi connectivity index (χ0v) is 18.9. The lowest BCUT2D eigenvalue weighted by molar-refractivity contribution is -0.118. The molecule has 0 aromatic heterocycles. The molecule has 182 valence electrons. The van der Waals surface area contributed by atoms with Gasteiger partial charge < -0.3 is 25.2 Å². The first-order chi connectivity index (χ1) is 17.3. The standard InChI is InChI=1S/C26H20FN3O6/c1-35-23-12-16(5-10-22(23)36-15-24(31)29-20-8-6-19(27)7-9-20)11-18(14-28)25(32)30-21-4-2-3-17(13-21)26(33)34/h2-13H,15H2,1H3,(H,29,31)(H,30,32)(H,33,34)/b18-11-. The smallest absolute Gasteiger partial charge is 0.335 e. The van der Waals surface area contributed by atoms with Gasteiger partial charge in [-0.2, -0.15) is 5.26 Å². The first kappa shape index (κ1) is 25.5. The molecule has 0 spiro atoms. The van der Waals surface area contributed by atoms with Gasteiger partial charge in [-0.1, -0.05) is 12.1 Å². The van der Waals surface area contributed by atoms with E-state index in [1.807, 2.05) is 6.07 Å². The summed E-state index contributed by atoms with van der Waals surface area (Å²) in [5.41, 5.74) is 0.837. The molecule has 0 unspecified atom stereocenters. The Labute approximate surface area is 205 Å². The van der Waals surface area contributed by atoms with Crippen molar-refractivity contribution in [3.63, 3.8) is 0 Å². The zero-order valence-electron chi connectivity index (χ0n) is 18.9. The fraction of sp³-hybridized carbons (Fsp3) is 0.0769. The molecule has 3 aromatic rings. The maximum absolute atomic E-state index is 13.0. The maximum atomic E-state index is 13.0. The third-order valence-corrected chi connectivity index (χ3v) is 4.72. The molecule has 0 fully saturated rings. The Morgan fingerprint density at radius 1 is 1.00 bits per heavy atom. The summed E-state index contributed by atoms with van der Waals surface area (Å²) in [7, 11) is 1.39. The van der Waals surface area contributed by atoms with E-state index >= 15 is 0 Å². The number of anilines is 2.